The molecule has 3 heteroatoms. The number of aryl methyl sites for hydroxylation is 1. The molecule has 2 rings (SSSR count). The maximum atomic E-state index is 10.5. The molecular formula is C13H12O3. The number of methoxy groups -OCH3 is 1. The van der Waals surface area contributed by atoms with Crippen molar-refractivity contribution in [1.82, 2.24) is 0 Å². The Morgan fingerprint density at radius 1 is 1.25 bits per heavy atom. The third-order valence-corrected chi connectivity index (χ3v) is 2.42. The molecular weight excluding hydrogens is 204 g/mol. The molecule has 16 heavy (non-hydrogen) atoms. The third kappa shape index (κ3) is 1.84. The normalized spacial score (nSPS) is 10.1. The number of rotatable bonds is 3. The number of hydrogen-bond acceptors (Lipinski definition) is 3. The molecule has 0 aliphatic heterocycles. The lowest BCUT2D eigenvalue weighted by Gasteiger charge is -2.05. The number of benzene rings is 1. The molecule has 0 amide bonds. The Balaban J connectivity index is 2.40. The number of carbonyl (C=O) groups excluding carboxylic acids is 1. The van der Waals surface area contributed by atoms with E-state index in [1.807, 2.05) is 25.1 Å². The zero-order valence-corrected chi connectivity index (χ0v) is 9.19. The first-order valence-corrected chi connectivity index (χ1v) is 4.94. The van der Waals surface area contributed by atoms with Crippen LogP contribution in [0, 0.1) is 6.92 Å². The van der Waals surface area contributed by atoms with Crippen LogP contribution in [0.3, 0.4) is 0 Å². The molecule has 0 fully saturated rings. The minimum absolute atomic E-state index is 0.337. The van der Waals surface area contributed by atoms with Crippen molar-refractivity contribution in [3.8, 4) is 17.1 Å². The van der Waals surface area contributed by atoms with Gasteiger partial charge in [-0.2, -0.15) is 0 Å². The molecule has 0 aliphatic rings. The van der Waals surface area contributed by atoms with Gasteiger partial charge < -0.3 is 9.15 Å². The second-order valence-electron chi connectivity index (χ2n) is 3.50. The predicted octanol–water partition coefficient (Wildman–Crippen LogP) is 3.08. The first-order chi connectivity index (χ1) is 7.74. The van der Waals surface area contributed by atoms with Gasteiger partial charge in [-0.1, -0.05) is 0 Å². The topological polar surface area (TPSA) is 39.4 Å². The van der Waals surface area contributed by atoms with Crippen LogP contribution in [0.1, 0.15) is 16.1 Å². The van der Waals surface area contributed by atoms with Crippen molar-refractivity contribution in [3.05, 3.63) is 41.7 Å². The van der Waals surface area contributed by atoms with Gasteiger partial charge in [0.2, 0.25) is 0 Å². The van der Waals surface area contributed by atoms with Crippen LogP contribution in [0.2, 0.25) is 0 Å². The lowest BCUT2D eigenvalue weighted by molar-refractivity contribution is 0.110. The molecule has 1 aromatic carbocycles. The van der Waals surface area contributed by atoms with Gasteiger partial charge in [-0.05, 0) is 42.8 Å². The highest BCUT2D eigenvalue weighted by atomic mass is 16.5. The van der Waals surface area contributed by atoms with Crippen molar-refractivity contribution in [2.75, 3.05) is 7.11 Å². The Labute approximate surface area is 93.7 Å². The summed E-state index contributed by atoms with van der Waals surface area (Å²) in [5.41, 5.74) is 1.97. The highest BCUT2D eigenvalue weighted by Crippen LogP contribution is 2.27. The van der Waals surface area contributed by atoms with E-state index in [-0.39, 0.29) is 0 Å². The van der Waals surface area contributed by atoms with E-state index < -0.39 is 0 Å². The number of aldehydes is 1. The average Bonchev–Trinajstić information content (AvgIpc) is 2.77. The van der Waals surface area contributed by atoms with Crippen molar-refractivity contribution < 1.29 is 13.9 Å². The van der Waals surface area contributed by atoms with Gasteiger partial charge in [0, 0.05) is 5.56 Å². The van der Waals surface area contributed by atoms with E-state index in [9.17, 15) is 4.79 Å². The lowest BCUT2D eigenvalue weighted by atomic mass is 10.1. The fourth-order valence-corrected chi connectivity index (χ4v) is 1.60. The summed E-state index contributed by atoms with van der Waals surface area (Å²) in [4.78, 5) is 10.5. The summed E-state index contributed by atoms with van der Waals surface area (Å²) in [6, 6.07) is 9.19. The van der Waals surface area contributed by atoms with Gasteiger partial charge >= 0.3 is 0 Å². The summed E-state index contributed by atoms with van der Waals surface area (Å²) in [6.45, 7) is 1.96. The van der Waals surface area contributed by atoms with E-state index in [0.29, 0.717) is 17.8 Å². The number of ether oxygens (including phenoxy) is 1. The van der Waals surface area contributed by atoms with Crippen LogP contribution < -0.4 is 4.74 Å². The van der Waals surface area contributed by atoms with Crippen LogP contribution in [0.15, 0.2) is 34.7 Å². The lowest BCUT2D eigenvalue weighted by Crippen LogP contribution is -1.87. The molecule has 3 nitrogen and oxygen atoms in total. The summed E-state index contributed by atoms with van der Waals surface area (Å²) in [7, 11) is 1.64. The van der Waals surface area contributed by atoms with Gasteiger partial charge in [0.25, 0.3) is 0 Å². The number of hydrogen-bond donors (Lipinski definition) is 0. The second-order valence-corrected chi connectivity index (χ2v) is 3.50. The fourth-order valence-electron chi connectivity index (χ4n) is 1.60. The predicted molar refractivity (Wildman–Crippen MR) is 60.8 cm³/mol. The molecule has 0 aliphatic carbocycles. The standard InChI is InChI=1S/C13H12O3/c1-9-7-10(3-5-12(9)15-2)13-6-4-11(8-14)16-13/h3-8H,1-2H3. The zero-order chi connectivity index (χ0) is 11.5. The fraction of sp³-hybridized carbons (Fsp3) is 0.154. The van der Waals surface area contributed by atoms with E-state index in [1.165, 1.54) is 0 Å². The molecule has 0 spiro atoms. The van der Waals surface area contributed by atoms with Crippen LogP contribution >= 0.6 is 0 Å². The summed E-state index contributed by atoms with van der Waals surface area (Å²) in [6.07, 6.45) is 0.694. The molecule has 0 saturated heterocycles. The average molecular weight is 216 g/mol. The van der Waals surface area contributed by atoms with Crippen LogP contribution in [0.4, 0.5) is 0 Å². The van der Waals surface area contributed by atoms with Gasteiger partial charge in [-0.3, -0.25) is 4.79 Å². The van der Waals surface area contributed by atoms with Crippen molar-refractivity contribution in [2.45, 2.75) is 6.92 Å². The molecule has 82 valence electrons. The summed E-state index contributed by atoms with van der Waals surface area (Å²) in [5.74, 6) is 1.86. The minimum atomic E-state index is 0.337. The molecule has 2 aromatic rings. The molecule has 0 bridgehead atoms. The summed E-state index contributed by atoms with van der Waals surface area (Å²) < 4.78 is 10.5. The highest BCUT2D eigenvalue weighted by Gasteiger charge is 2.06. The third-order valence-electron chi connectivity index (χ3n) is 2.42. The van der Waals surface area contributed by atoms with E-state index in [0.717, 1.165) is 16.9 Å². The summed E-state index contributed by atoms with van der Waals surface area (Å²) in [5, 5.41) is 0. The minimum Gasteiger partial charge on any atom is -0.496 e. The monoisotopic (exact) mass is 216 g/mol. The summed E-state index contributed by atoms with van der Waals surface area (Å²) >= 11 is 0. The van der Waals surface area contributed by atoms with E-state index in [4.69, 9.17) is 9.15 Å². The van der Waals surface area contributed by atoms with Crippen molar-refractivity contribution in [2.24, 2.45) is 0 Å². The maximum Gasteiger partial charge on any atom is 0.185 e. The zero-order valence-electron chi connectivity index (χ0n) is 9.19. The number of furan rings is 1. The highest BCUT2D eigenvalue weighted by molar-refractivity contribution is 5.73. The Morgan fingerprint density at radius 2 is 2.06 bits per heavy atom. The van der Waals surface area contributed by atoms with Crippen LogP contribution in [-0.4, -0.2) is 13.4 Å². The maximum absolute atomic E-state index is 10.5. The molecule has 0 atom stereocenters. The van der Waals surface area contributed by atoms with Gasteiger partial charge in [0.1, 0.15) is 11.5 Å². The Bertz CT molecular complexity index is 512. The van der Waals surface area contributed by atoms with E-state index in [2.05, 4.69) is 0 Å². The molecule has 0 unspecified atom stereocenters. The Morgan fingerprint density at radius 3 is 2.62 bits per heavy atom. The molecule has 0 radical (unpaired) electrons. The van der Waals surface area contributed by atoms with E-state index in [1.54, 1.807) is 19.2 Å². The quantitative estimate of drug-likeness (QED) is 0.740. The molecule has 1 heterocycles. The van der Waals surface area contributed by atoms with Gasteiger partial charge in [0.15, 0.2) is 12.0 Å². The van der Waals surface area contributed by atoms with Gasteiger partial charge in [-0.25, -0.2) is 0 Å². The molecule has 1 aromatic heterocycles. The Hall–Kier alpha value is -2.03. The SMILES string of the molecule is COc1ccc(-c2ccc(C=O)o2)cc1C. The van der Waals surface area contributed by atoms with Crippen LogP contribution in [0.5, 0.6) is 5.75 Å². The first-order valence-electron chi connectivity index (χ1n) is 4.94. The second kappa shape index (κ2) is 4.23. The van der Waals surface area contributed by atoms with Crippen molar-refractivity contribution >= 4 is 6.29 Å². The Kier molecular flexibility index (Phi) is 2.77. The molecule has 0 saturated carbocycles. The van der Waals surface area contributed by atoms with Crippen LogP contribution in [0.25, 0.3) is 11.3 Å². The van der Waals surface area contributed by atoms with Crippen LogP contribution in [-0.2, 0) is 0 Å². The van der Waals surface area contributed by atoms with Crippen molar-refractivity contribution in [1.29, 1.82) is 0 Å². The van der Waals surface area contributed by atoms with Crippen molar-refractivity contribution in [3.63, 3.8) is 0 Å². The largest absolute Gasteiger partial charge is 0.496 e. The number of carbonyl (C=O) groups is 1. The first kappa shape index (κ1) is 10.5. The smallest absolute Gasteiger partial charge is 0.185 e. The van der Waals surface area contributed by atoms with Gasteiger partial charge in [0.05, 0.1) is 7.11 Å². The van der Waals surface area contributed by atoms with E-state index >= 15 is 0 Å². The van der Waals surface area contributed by atoms with Gasteiger partial charge in [-0.15, -0.1) is 0 Å². The molecule has 0 N–H and O–H groups in total.